The molecule has 0 spiro atoms. The van der Waals surface area contributed by atoms with Crippen LogP contribution in [-0.2, 0) is 4.79 Å². The van der Waals surface area contributed by atoms with Gasteiger partial charge in [0.2, 0.25) is 0 Å². The van der Waals surface area contributed by atoms with Crippen molar-refractivity contribution in [1.29, 1.82) is 0 Å². The molecule has 26 heavy (non-hydrogen) atoms. The van der Waals surface area contributed by atoms with Crippen LogP contribution in [0.5, 0.6) is 0 Å². The maximum absolute atomic E-state index is 13.7. The molecule has 0 saturated heterocycles. The van der Waals surface area contributed by atoms with Gasteiger partial charge in [-0.25, -0.2) is 4.79 Å². The second-order valence-corrected chi connectivity index (χ2v) is 7.93. The monoisotopic (exact) mass is 442 g/mol. The molecule has 1 N–H and O–H groups in total. The van der Waals surface area contributed by atoms with Crippen molar-refractivity contribution in [2.45, 2.75) is 12.2 Å². The first-order valence-corrected chi connectivity index (χ1v) is 8.92. The Morgan fingerprint density at radius 2 is 1.88 bits per heavy atom. The Morgan fingerprint density at radius 3 is 2.38 bits per heavy atom. The zero-order valence-corrected chi connectivity index (χ0v) is 15.6. The Kier molecular flexibility index (Phi) is 5.13. The molecule has 2 atom stereocenters. The van der Waals surface area contributed by atoms with Gasteiger partial charge in [-0.2, -0.15) is 18.3 Å². The number of carbonyl (C=O) groups is 1. The van der Waals surface area contributed by atoms with E-state index < -0.39 is 29.8 Å². The van der Waals surface area contributed by atoms with E-state index in [4.69, 9.17) is 34.8 Å². The molecule has 1 aromatic heterocycles. The third-order valence-corrected chi connectivity index (χ3v) is 5.54. The predicted molar refractivity (Wildman–Crippen MR) is 95.6 cm³/mol. The summed E-state index contributed by atoms with van der Waals surface area (Å²) in [6, 6.07) is 5.56. The van der Waals surface area contributed by atoms with Crippen LogP contribution in [0.25, 0.3) is 0 Å². The molecule has 0 fully saturated rings. The van der Waals surface area contributed by atoms with Crippen molar-refractivity contribution in [3.8, 4) is 0 Å². The van der Waals surface area contributed by atoms with E-state index in [-0.39, 0.29) is 24.9 Å². The zero-order valence-electron chi connectivity index (χ0n) is 12.5. The van der Waals surface area contributed by atoms with Gasteiger partial charge in [0.15, 0.2) is 5.71 Å². The molecule has 0 bridgehead atoms. The van der Waals surface area contributed by atoms with Crippen molar-refractivity contribution in [1.82, 2.24) is 0 Å². The molecular weight excluding hydrogens is 436 g/mol. The largest absolute Gasteiger partial charge is 0.477 e. The summed E-state index contributed by atoms with van der Waals surface area (Å²) < 4.78 is 41.4. The van der Waals surface area contributed by atoms with Crippen molar-refractivity contribution < 1.29 is 23.1 Å². The number of thiophene rings is 1. The zero-order chi connectivity index (χ0) is 19.2. The highest BCUT2D eigenvalue weighted by Gasteiger charge is 2.57. The van der Waals surface area contributed by atoms with Crippen molar-refractivity contribution >= 4 is 63.5 Å². The maximum Gasteiger partial charge on any atom is 0.400 e. The summed E-state index contributed by atoms with van der Waals surface area (Å²) in [5, 5.41) is 14.3. The summed E-state index contributed by atoms with van der Waals surface area (Å²) in [7, 11) is 0. The normalized spacial score (nSPS) is 20.4. The van der Waals surface area contributed by atoms with Crippen LogP contribution in [0.3, 0.4) is 0 Å². The second kappa shape index (κ2) is 6.92. The van der Waals surface area contributed by atoms with Gasteiger partial charge in [0.25, 0.3) is 0 Å². The number of hydrogen-bond donors (Lipinski definition) is 1. The van der Waals surface area contributed by atoms with E-state index in [1.807, 2.05) is 0 Å². The fourth-order valence-corrected chi connectivity index (χ4v) is 4.36. The SMILES string of the molecule is O=C(O)C1=NN(c2ccc(Cl)cc2Cl)C(c2ccc(Cl)s2)C1C(F)(F)F. The first kappa shape index (κ1) is 19.3. The van der Waals surface area contributed by atoms with Gasteiger partial charge in [0, 0.05) is 9.90 Å². The molecule has 11 heteroatoms. The van der Waals surface area contributed by atoms with Crippen LogP contribution >= 0.6 is 46.1 Å². The number of nitrogens with zero attached hydrogens (tertiary/aromatic N) is 2. The lowest BCUT2D eigenvalue weighted by Gasteiger charge is -2.28. The molecular formula is C15H8Cl3F3N2O2S. The van der Waals surface area contributed by atoms with Crippen LogP contribution in [0.1, 0.15) is 10.9 Å². The molecule has 2 aromatic rings. The van der Waals surface area contributed by atoms with Crippen molar-refractivity contribution in [3.05, 3.63) is 49.6 Å². The average Bonchev–Trinajstić information content (AvgIpc) is 3.10. The molecule has 4 nitrogen and oxygen atoms in total. The lowest BCUT2D eigenvalue weighted by Crippen LogP contribution is -2.38. The number of halogens is 6. The van der Waals surface area contributed by atoms with Crippen LogP contribution in [0.4, 0.5) is 18.9 Å². The average molecular weight is 444 g/mol. The highest BCUT2D eigenvalue weighted by molar-refractivity contribution is 7.16. The molecule has 0 radical (unpaired) electrons. The summed E-state index contributed by atoms with van der Waals surface area (Å²) in [6.07, 6.45) is -4.84. The molecule has 2 unspecified atom stereocenters. The molecule has 3 rings (SSSR count). The van der Waals surface area contributed by atoms with E-state index in [0.29, 0.717) is 0 Å². The van der Waals surface area contributed by atoms with Gasteiger partial charge in [0.1, 0.15) is 12.0 Å². The van der Waals surface area contributed by atoms with Gasteiger partial charge >= 0.3 is 12.1 Å². The second-order valence-electron chi connectivity index (χ2n) is 5.34. The van der Waals surface area contributed by atoms with Crippen molar-refractivity contribution in [3.63, 3.8) is 0 Å². The van der Waals surface area contributed by atoms with E-state index >= 15 is 0 Å². The Labute approximate surface area is 164 Å². The number of hydrogen-bond acceptors (Lipinski definition) is 4. The Morgan fingerprint density at radius 1 is 1.19 bits per heavy atom. The number of rotatable bonds is 3. The minimum Gasteiger partial charge on any atom is -0.477 e. The number of carboxylic acid groups (broad SMARTS) is 1. The lowest BCUT2D eigenvalue weighted by molar-refractivity contribution is -0.161. The molecule has 0 amide bonds. The van der Waals surface area contributed by atoms with Gasteiger partial charge in [-0.3, -0.25) is 5.01 Å². The lowest BCUT2D eigenvalue weighted by atomic mass is 9.93. The fraction of sp³-hybridized carbons (Fsp3) is 0.200. The predicted octanol–water partition coefficient (Wildman–Crippen LogP) is 5.89. The first-order valence-electron chi connectivity index (χ1n) is 6.97. The molecule has 138 valence electrons. The minimum absolute atomic E-state index is 0.0430. The number of aliphatic carboxylic acids is 1. The van der Waals surface area contributed by atoms with Crippen LogP contribution in [0, 0.1) is 5.92 Å². The molecule has 1 aliphatic rings. The van der Waals surface area contributed by atoms with E-state index in [1.54, 1.807) is 0 Å². The van der Waals surface area contributed by atoms with Crippen LogP contribution < -0.4 is 5.01 Å². The van der Waals surface area contributed by atoms with E-state index in [0.717, 1.165) is 16.3 Å². The highest BCUT2D eigenvalue weighted by Crippen LogP contribution is 2.50. The maximum atomic E-state index is 13.7. The van der Waals surface area contributed by atoms with E-state index in [1.165, 1.54) is 30.3 Å². The van der Waals surface area contributed by atoms with E-state index in [2.05, 4.69) is 5.10 Å². The minimum atomic E-state index is -4.84. The summed E-state index contributed by atoms with van der Waals surface area (Å²) in [6.45, 7) is 0. The number of anilines is 1. The van der Waals surface area contributed by atoms with Crippen molar-refractivity contribution in [2.24, 2.45) is 11.0 Å². The number of carboxylic acids is 1. The van der Waals surface area contributed by atoms with Crippen LogP contribution in [-0.4, -0.2) is 23.0 Å². The standard InChI is InChI=1S/C15H8Cl3F3N2O2S/c16-6-1-2-8(7(17)5-6)23-13(9-3-4-10(18)26-9)11(15(19,20)21)12(22-23)14(24)25/h1-5,11,13H,(H,24,25). The quantitative estimate of drug-likeness (QED) is 0.644. The molecule has 1 aromatic carbocycles. The number of benzene rings is 1. The summed E-state index contributed by atoms with van der Waals surface area (Å²) in [5.41, 5.74) is -0.908. The third-order valence-electron chi connectivity index (χ3n) is 3.70. The molecule has 0 aliphatic carbocycles. The smallest absolute Gasteiger partial charge is 0.400 e. The summed E-state index contributed by atoms with van der Waals surface area (Å²) in [4.78, 5) is 11.6. The van der Waals surface area contributed by atoms with Gasteiger partial charge in [0.05, 0.1) is 15.0 Å². The molecule has 2 heterocycles. The number of hydrazone groups is 1. The van der Waals surface area contributed by atoms with Crippen LogP contribution in [0.15, 0.2) is 35.4 Å². The first-order chi connectivity index (χ1) is 12.1. The third kappa shape index (κ3) is 3.51. The van der Waals surface area contributed by atoms with E-state index in [9.17, 15) is 23.1 Å². The van der Waals surface area contributed by atoms with Crippen LogP contribution in [0.2, 0.25) is 14.4 Å². The summed E-state index contributed by atoms with van der Waals surface area (Å²) >= 11 is 18.7. The fourth-order valence-electron chi connectivity index (χ4n) is 2.68. The van der Waals surface area contributed by atoms with Gasteiger partial charge in [-0.1, -0.05) is 34.8 Å². The Bertz CT molecular complexity index is 901. The highest BCUT2D eigenvalue weighted by atomic mass is 35.5. The van der Waals surface area contributed by atoms with Gasteiger partial charge in [-0.15, -0.1) is 11.3 Å². The van der Waals surface area contributed by atoms with Gasteiger partial charge in [-0.05, 0) is 30.3 Å². The topological polar surface area (TPSA) is 52.9 Å². The Balaban J connectivity index is 2.20. The number of alkyl halides is 3. The molecule has 0 saturated carbocycles. The summed E-state index contributed by atoms with van der Waals surface area (Å²) in [5.74, 6) is -4.10. The van der Waals surface area contributed by atoms with Crippen molar-refractivity contribution in [2.75, 3.05) is 5.01 Å². The molecule has 1 aliphatic heterocycles. The van der Waals surface area contributed by atoms with Gasteiger partial charge < -0.3 is 5.11 Å². The Hall–Kier alpha value is -1.48.